The number of ether oxygens (including phenoxy) is 2. The van der Waals surface area contributed by atoms with E-state index in [1.807, 2.05) is 12.1 Å². The third-order valence-electron chi connectivity index (χ3n) is 9.93. The van der Waals surface area contributed by atoms with Crippen molar-refractivity contribution < 1.29 is 36.3 Å². The second-order valence-electron chi connectivity index (χ2n) is 14.9. The minimum atomic E-state index is -4.20. The molecule has 0 aliphatic carbocycles. The maximum absolute atomic E-state index is 15.8. The van der Waals surface area contributed by atoms with E-state index < -0.39 is 63.2 Å². The van der Waals surface area contributed by atoms with E-state index in [0.29, 0.717) is 36.6 Å². The molecule has 0 radical (unpaired) electrons. The van der Waals surface area contributed by atoms with E-state index in [0.717, 1.165) is 17.7 Å². The summed E-state index contributed by atoms with van der Waals surface area (Å²) in [4.78, 5) is 31.8. The number of Topliss-reactive ketones (excluding diaryl/α,β-unsaturated/α-hetero) is 1. The molecule has 11 nitrogen and oxygen atoms in total. The lowest BCUT2D eigenvalue weighted by atomic mass is 9.75. The Kier molecular flexibility index (Phi) is 13.4. The SMILES string of the molecule is C[C@@H]1CN(C(=O)OC(C)(C)C)C[C@H](CCc2c(F)cccc2CC(=O)[C@@H](N=[N+]=[N-])[C@@H](c2ccc(Cl)cc2)C2CCOCC2)N1S(=O)(=O)c1ccc(F)cc1. The van der Waals surface area contributed by atoms with Gasteiger partial charge in [0.25, 0.3) is 0 Å². The van der Waals surface area contributed by atoms with Gasteiger partial charge in [-0.25, -0.2) is 22.0 Å². The Hall–Kier alpha value is -4.07. The van der Waals surface area contributed by atoms with Crippen LogP contribution in [-0.2, 0) is 37.1 Å². The van der Waals surface area contributed by atoms with Crippen LogP contribution in [0.3, 0.4) is 0 Å². The van der Waals surface area contributed by atoms with Gasteiger partial charge in [-0.3, -0.25) is 4.79 Å². The Bertz CT molecular complexity index is 1950. The molecule has 15 heteroatoms. The van der Waals surface area contributed by atoms with Crippen molar-refractivity contribution in [3.63, 3.8) is 0 Å². The van der Waals surface area contributed by atoms with Crippen LogP contribution in [-0.4, -0.2) is 79.5 Å². The van der Waals surface area contributed by atoms with Crippen molar-refractivity contribution in [3.8, 4) is 0 Å². The molecule has 4 atom stereocenters. The molecule has 54 heavy (non-hydrogen) atoms. The summed E-state index contributed by atoms with van der Waals surface area (Å²) in [6.45, 7) is 7.85. The van der Waals surface area contributed by atoms with Gasteiger partial charge in [0.15, 0.2) is 0 Å². The number of azide groups is 1. The van der Waals surface area contributed by atoms with Gasteiger partial charge in [0.05, 0.1) is 4.90 Å². The predicted molar refractivity (Wildman–Crippen MR) is 201 cm³/mol. The predicted octanol–water partition coefficient (Wildman–Crippen LogP) is 8.25. The highest BCUT2D eigenvalue weighted by molar-refractivity contribution is 7.89. The Morgan fingerprint density at radius 3 is 2.33 bits per heavy atom. The van der Waals surface area contributed by atoms with Gasteiger partial charge in [0, 0.05) is 60.7 Å². The van der Waals surface area contributed by atoms with Gasteiger partial charge in [-0.1, -0.05) is 41.0 Å². The minimum Gasteiger partial charge on any atom is -0.444 e. The summed E-state index contributed by atoms with van der Waals surface area (Å²) in [5.74, 6) is -2.07. The quantitative estimate of drug-likeness (QED) is 0.103. The zero-order valence-electron chi connectivity index (χ0n) is 30.8. The van der Waals surface area contributed by atoms with Crippen molar-refractivity contribution in [2.45, 2.75) is 94.3 Å². The van der Waals surface area contributed by atoms with E-state index in [4.69, 9.17) is 21.1 Å². The fourth-order valence-electron chi connectivity index (χ4n) is 7.54. The van der Waals surface area contributed by atoms with Crippen LogP contribution in [0.4, 0.5) is 13.6 Å². The summed E-state index contributed by atoms with van der Waals surface area (Å²) in [6, 6.07) is 13.3. The fraction of sp³-hybridized carbons (Fsp3) is 0.487. The zero-order chi connectivity index (χ0) is 39.2. The van der Waals surface area contributed by atoms with Gasteiger partial charge >= 0.3 is 6.09 Å². The Balaban J connectivity index is 1.45. The first-order chi connectivity index (χ1) is 25.6. The summed E-state index contributed by atoms with van der Waals surface area (Å²) in [5.41, 5.74) is 10.2. The van der Waals surface area contributed by atoms with Crippen LogP contribution in [0.25, 0.3) is 10.4 Å². The number of hydrogen-bond donors (Lipinski definition) is 0. The van der Waals surface area contributed by atoms with Crippen molar-refractivity contribution in [3.05, 3.63) is 111 Å². The van der Waals surface area contributed by atoms with Gasteiger partial charge in [0.2, 0.25) is 10.0 Å². The second-order valence-corrected chi connectivity index (χ2v) is 17.2. The van der Waals surface area contributed by atoms with Gasteiger partial charge in [-0.15, -0.1) is 0 Å². The minimum absolute atomic E-state index is 0.0109. The van der Waals surface area contributed by atoms with Gasteiger partial charge in [-0.05, 0) is 124 Å². The number of hydrogen-bond acceptors (Lipinski definition) is 7. The third-order valence-corrected chi connectivity index (χ3v) is 12.3. The van der Waals surface area contributed by atoms with E-state index >= 15 is 4.39 Å². The highest BCUT2D eigenvalue weighted by atomic mass is 35.5. The number of piperazine rings is 1. The van der Waals surface area contributed by atoms with Crippen molar-refractivity contribution in [1.82, 2.24) is 9.21 Å². The zero-order valence-corrected chi connectivity index (χ0v) is 32.4. The molecule has 0 N–H and O–H groups in total. The first kappa shape index (κ1) is 41.1. The number of halogens is 3. The van der Waals surface area contributed by atoms with Crippen LogP contribution >= 0.6 is 11.6 Å². The first-order valence-corrected chi connectivity index (χ1v) is 19.8. The van der Waals surface area contributed by atoms with Crippen LogP contribution < -0.4 is 0 Å². The van der Waals surface area contributed by atoms with Crippen molar-refractivity contribution >= 4 is 33.5 Å². The summed E-state index contributed by atoms with van der Waals surface area (Å²) < 4.78 is 70.2. The second kappa shape index (κ2) is 17.6. The molecule has 5 rings (SSSR count). The molecule has 2 saturated heterocycles. The molecule has 2 fully saturated rings. The first-order valence-electron chi connectivity index (χ1n) is 18.0. The highest BCUT2D eigenvalue weighted by Crippen LogP contribution is 2.38. The molecule has 2 heterocycles. The Labute approximate surface area is 320 Å². The van der Waals surface area contributed by atoms with Crippen LogP contribution in [0.5, 0.6) is 0 Å². The lowest BCUT2D eigenvalue weighted by molar-refractivity contribution is -0.120. The molecule has 0 saturated carbocycles. The molecule has 290 valence electrons. The van der Waals surface area contributed by atoms with Crippen LogP contribution in [0.15, 0.2) is 76.7 Å². The normalized spacial score (nSPS) is 19.8. The number of ketones is 1. The Morgan fingerprint density at radius 2 is 1.70 bits per heavy atom. The van der Waals surface area contributed by atoms with Crippen LogP contribution in [0, 0.1) is 17.6 Å². The van der Waals surface area contributed by atoms with Gasteiger partial charge < -0.3 is 14.4 Å². The number of benzene rings is 3. The number of carbonyl (C=O) groups is 2. The average molecular weight is 786 g/mol. The maximum Gasteiger partial charge on any atom is 0.410 e. The lowest BCUT2D eigenvalue weighted by Crippen LogP contribution is -2.61. The summed E-state index contributed by atoms with van der Waals surface area (Å²) in [7, 11) is -4.20. The fourth-order valence-corrected chi connectivity index (χ4v) is 9.50. The largest absolute Gasteiger partial charge is 0.444 e. The molecular formula is C39H46ClF2N5O6S. The smallest absolute Gasteiger partial charge is 0.410 e. The van der Waals surface area contributed by atoms with E-state index in [1.54, 1.807) is 45.9 Å². The molecular weight excluding hydrogens is 740 g/mol. The van der Waals surface area contributed by atoms with E-state index in [2.05, 4.69) is 10.0 Å². The molecule has 1 amide bonds. The third kappa shape index (κ3) is 9.96. The molecule has 0 spiro atoms. The van der Waals surface area contributed by atoms with E-state index in [1.165, 1.54) is 33.5 Å². The maximum atomic E-state index is 15.8. The molecule has 0 bridgehead atoms. The molecule has 0 unspecified atom stereocenters. The van der Waals surface area contributed by atoms with Crippen LogP contribution in [0.2, 0.25) is 5.02 Å². The number of amides is 1. The topological polar surface area (TPSA) is 142 Å². The molecule has 3 aromatic carbocycles. The average Bonchev–Trinajstić information content (AvgIpc) is 3.11. The lowest BCUT2D eigenvalue weighted by Gasteiger charge is -2.44. The number of rotatable bonds is 12. The number of nitrogens with zero attached hydrogens (tertiary/aromatic N) is 5. The monoisotopic (exact) mass is 785 g/mol. The van der Waals surface area contributed by atoms with Gasteiger partial charge in [-0.2, -0.15) is 4.31 Å². The summed E-state index contributed by atoms with van der Waals surface area (Å²) >= 11 is 6.18. The van der Waals surface area contributed by atoms with Crippen molar-refractivity contribution in [2.75, 3.05) is 26.3 Å². The molecule has 3 aromatic rings. The highest BCUT2D eigenvalue weighted by Gasteiger charge is 2.43. The van der Waals surface area contributed by atoms with E-state index in [-0.39, 0.29) is 48.7 Å². The summed E-state index contributed by atoms with van der Waals surface area (Å²) in [5, 5.41) is 4.53. The number of sulfonamides is 1. The van der Waals surface area contributed by atoms with E-state index in [9.17, 15) is 27.9 Å². The standard InChI is InChI=1S/C39H46ClF2N5O6S/c1-25-23-46(38(49)53-39(2,3)4)24-31(47(25)54(50,51)32-15-12-30(41)13-16-32)14-17-33-28(6-5-7-34(33)42)22-35(48)37(44-45-43)36(27-18-20-52-21-19-27)26-8-10-29(40)11-9-26/h5-13,15-16,25,27,31,36-37H,14,17-24H2,1-4H3/t25-,31+,36+,37-/m1/s1. The molecule has 2 aliphatic rings. The van der Waals surface area contributed by atoms with Crippen LogP contribution in [0.1, 0.15) is 69.6 Å². The number of carbonyl (C=O) groups excluding carboxylic acids is 2. The van der Waals surface area contributed by atoms with Crippen molar-refractivity contribution in [1.29, 1.82) is 0 Å². The summed E-state index contributed by atoms with van der Waals surface area (Å²) in [6.07, 6.45) is 0.534. The van der Waals surface area contributed by atoms with Gasteiger partial charge in [0.1, 0.15) is 29.1 Å². The molecule has 0 aromatic heterocycles. The molecule has 2 aliphatic heterocycles. The van der Waals surface area contributed by atoms with Crippen molar-refractivity contribution in [2.24, 2.45) is 11.0 Å². The Morgan fingerprint density at radius 1 is 1.04 bits per heavy atom.